The third-order valence-corrected chi connectivity index (χ3v) is 2.99. The van der Waals surface area contributed by atoms with Gasteiger partial charge in [0.15, 0.2) is 0 Å². The summed E-state index contributed by atoms with van der Waals surface area (Å²) in [6, 6.07) is 13.0. The van der Waals surface area contributed by atoms with Gasteiger partial charge in [-0.2, -0.15) is 0 Å². The van der Waals surface area contributed by atoms with Crippen molar-refractivity contribution >= 4 is 11.9 Å². The summed E-state index contributed by atoms with van der Waals surface area (Å²) in [5.74, 6) is -1.05. The summed E-state index contributed by atoms with van der Waals surface area (Å²) in [7, 11) is 0. The van der Waals surface area contributed by atoms with Crippen molar-refractivity contribution < 1.29 is 18.7 Å². The lowest BCUT2D eigenvalue weighted by Gasteiger charge is -2.07. The van der Waals surface area contributed by atoms with Crippen molar-refractivity contribution in [2.75, 3.05) is 6.54 Å². The predicted octanol–water partition coefficient (Wildman–Crippen LogP) is 2.40. The maximum atomic E-state index is 13.4. The number of carbonyl (C=O) groups is 2. The van der Waals surface area contributed by atoms with Gasteiger partial charge in [0.25, 0.3) is 0 Å². The Labute approximate surface area is 127 Å². The summed E-state index contributed by atoms with van der Waals surface area (Å²) in [4.78, 5) is 23.3. The second kappa shape index (κ2) is 7.36. The molecule has 5 heteroatoms. The first kappa shape index (κ1) is 15.7. The lowest BCUT2D eigenvalue weighted by Crippen LogP contribution is -2.33. The van der Waals surface area contributed by atoms with Crippen LogP contribution in [-0.2, 0) is 16.0 Å². The van der Waals surface area contributed by atoms with Crippen LogP contribution in [0, 0.1) is 12.7 Å². The van der Waals surface area contributed by atoms with Crippen molar-refractivity contribution in [2.24, 2.45) is 0 Å². The van der Waals surface area contributed by atoms with E-state index in [1.165, 1.54) is 12.1 Å². The van der Waals surface area contributed by atoms with Crippen molar-refractivity contribution in [2.45, 2.75) is 13.3 Å². The molecule has 0 heterocycles. The van der Waals surface area contributed by atoms with E-state index in [2.05, 4.69) is 5.32 Å². The van der Waals surface area contributed by atoms with Crippen molar-refractivity contribution in [1.29, 1.82) is 0 Å². The van der Waals surface area contributed by atoms with Gasteiger partial charge >= 0.3 is 5.97 Å². The molecule has 4 nitrogen and oxygen atoms in total. The number of amides is 1. The van der Waals surface area contributed by atoms with E-state index < -0.39 is 17.7 Å². The van der Waals surface area contributed by atoms with E-state index in [1.807, 2.05) is 19.1 Å². The van der Waals surface area contributed by atoms with Crippen LogP contribution in [0.2, 0.25) is 0 Å². The first-order chi connectivity index (χ1) is 10.5. The monoisotopic (exact) mass is 301 g/mol. The molecule has 2 rings (SSSR count). The molecular formula is C17H16FNO3. The highest BCUT2D eigenvalue weighted by atomic mass is 19.1. The molecule has 2 aromatic carbocycles. The van der Waals surface area contributed by atoms with Crippen LogP contribution >= 0.6 is 0 Å². The second-order valence-electron chi connectivity index (χ2n) is 4.83. The molecule has 22 heavy (non-hydrogen) atoms. The minimum Gasteiger partial charge on any atom is -0.425 e. The molecule has 0 atom stereocenters. The number of esters is 1. The number of hydrogen-bond acceptors (Lipinski definition) is 3. The molecule has 0 aliphatic carbocycles. The highest BCUT2D eigenvalue weighted by molar-refractivity contribution is 5.84. The van der Waals surface area contributed by atoms with Crippen LogP contribution in [0.3, 0.4) is 0 Å². The van der Waals surface area contributed by atoms with E-state index in [-0.39, 0.29) is 18.5 Å². The highest BCUT2D eigenvalue weighted by Gasteiger charge is 2.10. The minimum atomic E-state index is -0.578. The SMILES string of the molecule is Cc1ccc(OC(=O)CNC(=O)Cc2ccccc2F)cc1. The zero-order valence-electron chi connectivity index (χ0n) is 12.1. The zero-order chi connectivity index (χ0) is 15.9. The van der Waals surface area contributed by atoms with Crippen LogP contribution in [0.5, 0.6) is 5.75 Å². The Kier molecular flexibility index (Phi) is 5.25. The molecule has 0 unspecified atom stereocenters. The van der Waals surface area contributed by atoms with Crippen LogP contribution in [0.1, 0.15) is 11.1 Å². The van der Waals surface area contributed by atoms with Crippen molar-refractivity contribution in [1.82, 2.24) is 5.32 Å². The average molecular weight is 301 g/mol. The highest BCUT2D eigenvalue weighted by Crippen LogP contribution is 2.11. The minimum absolute atomic E-state index is 0.121. The van der Waals surface area contributed by atoms with E-state index in [4.69, 9.17) is 4.74 Å². The second-order valence-corrected chi connectivity index (χ2v) is 4.83. The Bertz CT molecular complexity index is 668. The number of benzene rings is 2. The van der Waals surface area contributed by atoms with Crippen molar-refractivity contribution in [3.8, 4) is 5.75 Å². The largest absolute Gasteiger partial charge is 0.425 e. The van der Waals surface area contributed by atoms with Gasteiger partial charge in [-0.15, -0.1) is 0 Å². The summed E-state index contributed by atoms with van der Waals surface area (Å²) >= 11 is 0. The smallest absolute Gasteiger partial charge is 0.330 e. The van der Waals surface area contributed by atoms with Crippen molar-refractivity contribution in [3.63, 3.8) is 0 Å². The fourth-order valence-electron chi connectivity index (χ4n) is 1.82. The van der Waals surface area contributed by atoms with Crippen LogP contribution < -0.4 is 10.1 Å². The summed E-state index contributed by atoms with van der Waals surface area (Å²) < 4.78 is 18.5. The zero-order valence-corrected chi connectivity index (χ0v) is 12.1. The van der Waals surface area contributed by atoms with E-state index in [1.54, 1.807) is 24.3 Å². The predicted molar refractivity (Wildman–Crippen MR) is 79.9 cm³/mol. The Morgan fingerprint density at radius 3 is 2.45 bits per heavy atom. The maximum Gasteiger partial charge on any atom is 0.330 e. The third kappa shape index (κ3) is 4.70. The van der Waals surface area contributed by atoms with Gasteiger partial charge in [-0.3, -0.25) is 4.79 Å². The number of nitrogens with one attached hydrogen (secondary N) is 1. The Balaban J connectivity index is 1.79. The Morgan fingerprint density at radius 2 is 1.77 bits per heavy atom. The van der Waals surface area contributed by atoms with E-state index in [0.717, 1.165) is 5.56 Å². The topological polar surface area (TPSA) is 55.4 Å². The standard InChI is InChI=1S/C17H16FNO3/c1-12-6-8-14(9-7-12)22-17(21)11-19-16(20)10-13-4-2-3-5-15(13)18/h2-9H,10-11H2,1H3,(H,19,20). The Hall–Kier alpha value is -2.69. The van der Waals surface area contributed by atoms with Gasteiger partial charge in [0.2, 0.25) is 5.91 Å². The number of hydrogen-bond donors (Lipinski definition) is 1. The third-order valence-electron chi connectivity index (χ3n) is 2.99. The summed E-state index contributed by atoms with van der Waals surface area (Å²) in [5, 5.41) is 2.41. The van der Waals surface area contributed by atoms with Crippen LogP contribution in [0.4, 0.5) is 4.39 Å². The molecule has 0 spiro atoms. The quantitative estimate of drug-likeness (QED) is 0.681. The first-order valence-electron chi connectivity index (χ1n) is 6.82. The van der Waals surface area contributed by atoms with Gasteiger partial charge in [-0.1, -0.05) is 35.9 Å². The molecular weight excluding hydrogens is 285 g/mol. The number of halogens is 1. The van der Waals surface area contributed by atoms with E-state index in [0.29, 0.717) is 5.75 Å². The Morgan fingerprint density at radius 1 is 1.09 bits per heavy atom. The molecule has 0 aromatic heterocycles. The van der Waals surface area contributed by atoms with Gasteiger partial charge in [-0.05, 0) is 30.7 Å². The van der Waals surface area contributed by atoms with E-state index >= 15 is 0 Å². The fourth-order valence-corrected chi connectivity index (χ4v) is 1.82. The molecule has 0 aliphatic heterocycles. The molecule has 0 radical (unpaired) electrons. The number of rotatable bonds is 5. The molecule has 0 bridgehead atoms. The van der Waals surface area contributed by atoms with E-state index in [9.17, 15) is 14.0 Å². The first-order valence-corrected chi connectivity index (χ1v) is 6.82. The maximum absolute atomic E-state index is 13.4. The molecule has 0 fully saturated rings. The van der Waals surface area contributed by atoms with Crippen LogP contribution in [-0.4, -0.2) is 18.4 Å². The lowest BCUT2D eigenvalue weighted by atomic mass is 10.1. The van der Waals surface area contributed by atoms with Crippen molar-refractivity contribution in [3.05, 3.63) is 65.5 Å². The number of aryl methyl sites for hydroxylation is 1. The number of carbonyl (C=O) groups excluding carboxylic acids is 2. The van der Waals surface area contributed by atoms with Gasteiger partial charge in [0.1, 0.15) is 18.1 Å². The normalized spacial score (nSPS) is 10.1. The van der Waals surface area contributed by atoms with Gasteiger partial charge in [-0.25, -0.2) is 9.18 Å². The van der Waals surface area contributed by atoms with Gasteiger partial charge < -0.3 is 10.1 Å². The average Bonchev–Trinajstić information content (AvgIpc) is 2.50. The molecule has 0 saturated carbocycles. The van der Waals surface area contributed by atoms with Gasteiger partial charge in [0.05, 0.1) is 6.42 Å². The fraction of sp³-hybridized carbons (Fsp3) is 0.176. The van der Waals surface area contributed by atoms with Crippen LogP contribution in [0.25, 0.3) is 0 Å². The summed E-state index contributed by atoms with van der Waals surface area (Å²) in [5.41, 5.74) is 1.34. The molecule has 0 saturated heterocycles. The molecule has 114 valence electrons. The molecule has 1 N–H and O–H groups in total. The molecule has 2 aromatic rings. The lowest BCUT2D eigenvalue weighted by molar-refractivity contribution is -0.135. The van der Waals surface area contributed by atoms with Gasteiger partial charge in [0, 0.05) is 0 Å². The van der Waals surface area contributed by atoms with Crippen LogP contribution in [0.15, 0.2) is 48.5 Å². The molecule has 0 aliphatic rings. The molecule has 1 amide bonds. The summed E-state index contributed by atoms with van der Waals surface area (Å²) in [6.07, 6.45) is -0.121. The number of ether oxygens (including phenoxy) is 1. The summed E-state index contributed by atoms with van der Waals surface area (Å²) in [6.45, 7) is 1.66.